The number of halogens is 4. The molecule has 2 aromatic carbocycles. The number of hydrogen-bond acceptors (Lipinski definition) is 2. The largest absolute Gasteiger partial charge is 0.434 e. The molecule has 0 heterocycles. The number of nitrogen functional groups attached to an aromatic ring is 1. The van der Waals surface area contributed by atoms with Gasteiger partial charge in [0.25, 0.3) is 0 Å². The van der Waals surface area contributed by atoms with Gasteiger partial charge in [0.05, 0.1) is 10.0 Å². The van der Waals surface area contributed by atoms with Crippen LogP contribution in [0.5, 0.6) is 5.75 Å². The lowest BCUT2D eigenvalue weighted by molar-refractivity contribution is -0.0494. The molecular formula is C13H9Cl2F2NO. The topological polar surface area (TPSA) is 35.2 Å². The molecule has 0 amide bonds. The zero-order valence-corrected chi connectivity index (χ0v) is 11.1. The number of para-hydroxylation sites is 1. The van der Waals surface area contributed by atoms with Crippen LogP contribution in [0, 0.1) is 0 Å². The maximum atomic E-state index is 12.4. The summed E-state index contributed by atoms with van der Waals surface area (Å²) in [7, 11) is 0. The molecule has 19 heavy (non-hydrogen) atoms. The second-order valence-electron chi connectivity index (χ2n) is 3.73. The Bertz CT molecular complexity index is 582. The summed E-state index contributed by atoms with van der Waals surface area (Å²) in [5.41, 5.74) is 6.80. The first-order valence-electron chi connectivity index (χ1n) is 5.27. The molecule has 2 nitrogen and oxygen atoms in total. The zero-order valence-electron chi connectivity index (χ0n) is 9.54. The Labute approximate surface area is 118 Å². The molecule has 0 spiro atoms. The summed E-state index contributed by atoms with van der Waals surface area (Å²) in [4.78, 5) is 0. The van der Waals surface area contributed by atoms with Gasteiger partial charge in [0.2, 0.25) is 0 Å². The number of hydrogen-bond donors (Lipinski definition) is 1. The standard InChI is InChI=1S/C13H9Cl2F2NO/c14-9-5-7(18)6-10(15)12(9)8-3-1-2-4-11(8)19-13(16)17/h1-6,13H,18H2. The van der Waals surface area contributed by atoms with Crippen molar-refractivity contribution in [1.82, 2.24) is 0 Å². The molecule has 0 saturated heterocycles. The average Bonchev–Trinajstić information content (AvgIpc) is 2.29. The molecule has 0 bridgehead atoms. The van der Waals surface area contributed by atoms with Crippen LogP contribution in [0.3, 0.4) is 0 Å². The summed E-state index contributed by atoms with van der Waals surface area (Å²) < 4.78 is 29.2. The van der Waals surface area contributed by atoms with Gasteiger partial charge in [-0.05, 0) is 18.2 Å². The Morgan fingerprint density at radius 2 is 1.63 bits per heavy atom. The quantitative estimate of drug-likeness (QED) is 0.823. The Kier molecular flexibility index (Phi) is 4.12. The lowest BCUT2D eigenvalue weighted by atomic mass is 10.0. The highest BCUT2D eigenvalue weighted by molar-refractivity contribution is 6.39. The smallest absolute Gasteiger partial charge is 0.387 e. The molecule has 0 aliphatic carbocycles. The van der Waals surface area contributed by atoms with Gasteiger partial charge in [-0.2, -0.15) is 8.78 Å². The fourth-order valence-corrected chi connectivity index (χ4v) is 2.43. The first-order valence-corrected chi connectivity index (χ1v) is 6.03. The Morgan fingerprint density at radius 3 is 2.21 bits per heavy atom. The normalized spacial score (nSPS) is 10.8. The Balaban J connectivity index is 2.59. The average molecular weight is 304 g/mol. The molecule has 0 aliphatic rings. The van der Waals surface area contributed by atoms with Crippen LogP contribution in [0.1, 0.15) is 0 Å². The van der Waals surface area contributed by atoms with Crippen LogP contribution in [0.2, 0.25) is 10.0 Å². The van der Waals surface area contributed by atoms with Gasteiger partial charge in [-0.25, -0.2) is 0 Å². The maximum absolute atomic E-state index is 12.4. The van der Waals surface area contributed by atoms with E-state index < -0.39 is 6.61 Å². The van der Waals surface area contributed by atoms with Crippen molar-refractivity contribution in [2.75, 3.05) is 5.73 Å². The van der Waals surface area contributed by atoms with Gasteiger partial charge in [0, 0.05) is 16.8 Å². The van der Waals surface area contributed by atoms with Gasteiger partial charge in [0.15, 0.2) is 0 Å². The molecule has 0 aliphatic heterocycles. The van der Waals surface area contributed by atoms with Gasteiger partial charge in [-0.15, -0.1) is 0 Å². The first kappa shape index (κ1) is 13.9. The summed E-state index contributed by atoms with van der Waals surface area (Å²) in [6, 6.07) is 9.28. The second kappa shape index (κ2) is 5.63. The van der Waals surface area contributed by atoms with Gasteiger partial charge in [0.1, 0.15) is 5.75 Å². The van der Waals surface area contributed by atoms with Crippen LogP contribution in [0.25, 0.3) is 11.1 Å². The van der Waals surface area contributed by atoms with E-state index in [4.69, 9.17) is 28.9 Å². The molecule has 0 radical (unpaired) electrons. The van der Waals surface area contributed by atoms with Crippen molar-refractivity contribution in [3.05, 3.63) is 46.4 Å². The van der Waals surface area contributed by atoms with E-state index in [2.05, 4.69) is 4.74 Å². The van der Waals surface area contributed by atoms with Crippen LogP contribution >= 0.6 is 23.2 Å². The highest BCUT2D eigenvalue weighted by Crippen LogP contribution is 2.41. The summed E-state index contributed by atoms with van der Waals surface area (Å²) in [6.07, 6.45) is 0. The molecule has 100 valence electrons. The third-order valence-corrected chi connectivity index (χ3v) is 3.03. The molecule has 0 unspecified atom stereocenters. The van der Waals surface area contributed by atoms with Crippen LogP contribution in [-0.2, 0) is 0 Å². The number of ether oxygens (including phenoxy) is 1. The van der Waals surface area contributed by atoms with Crippen molar-refractivity contribution in [3.8, 4) is 16.9 Å². The summed E-state index contributed by atoms with van der Waals surface area (Å²) >= 11 is 12.1. The van der Waals surface area contributed by atoms with E-state index in [1.165, 1.54) is 18.2 Å². The van der Waals surface area contributed by atoms with Crippen molar-refractivity contribution >= 4 is 28.9 Å². The van der Waals surface area contributed by atoms with Crippen molar-refractivity contribution in [2.24, 2.45) is 0 Å². The predicted molar refractivity (Wildman–Crippen MR) is 72.9 cm³/mol. The first-order chi connectivity index (χ1) is 8.99. The zero-order chi connectivity index (χ0) is 14.0. The monoisotopic (exact) mass is 303 g/mol. The lowest BCUT2D eigenvalue weighted by Crippen LogP contribution is -2.03. The van der Waals surface area contributed by atoms with Gasteiger partial charge in [-0.1, -0.05) is 41.4 Å². The number of anilines is 1. The fourth-order valence-electron chi connectivity index (χ4n) is 1.72. The minimum Gasteiger partial charge on any atom is -0.434 e. The van der Waals surface area contributed by atoms with Gasteiger partial charge in [-0.3, -0.25) is 0 Å². The van der Waals surface area contributed by atoms with Crippen molar-refractivity contribution in [3.63, 3.8) is 0 Å². The molecule has 0 saturated carbocycles. The van der Waals surface area contributed by atoms with Crippen molar-refractivity contribution in [2.45, 2.75) is 6.61 Å². The van der Waals surface area contributed by atoms with Crippen molar-refractivity contribution < 1.29 is 13.5 Å². The van der Waals surface area contributed by atoms with Gasteiger partial charge < -0.3 is 10.5 Å². The number of benzene rings is 2. The third kappa shape index (κ3) is 3.08. The molecule has 6 heteroatoms. The third-order valence-electron chi connectivity index (χ3n) is 2.44. The van der Waals surface area contributed by atoms with Gasteiger partial charge >= 0.3 is 6.61 Å². The number of nitrogens with two attached hydrogens (primary N) is 1. The van der Waals surface area contributed by atoms with E-state index in [-0.39, 0.29) is 15.8 Å². The molecule has 2 aromatic rings. The summed E-state index contributed by atoms with van der Waals surface area (Å²) in [6.45, 7) is -2.92. The molecule has 0 aromatic heterocycles. The summed E-state index contributed by atoms with van der Waals surface area (Å²) in [5, 5.41) is 0.547. The second-order valence-corrected chi connectivity index (χ2v) is 4.55. The fraction of sp³-hybridized carbons (Fsp3) is 0.0769. The Morgan fingerprint density at radius 1 is 1.05 bits per heavy atom. The minimum atomic E-state index is -2.92. The molecule has 0 fully saturated rings. The minimum absolute atomic E-state index is 0.00562. The van der Waals surface area contributed by atoms with E-state index in [1.54, 1.807) is 18.2 Å². The molecular weight excluding hydrogens is 295 g/mol. The molecule has 2 N–H and O–H groups in total. The van der Waals surface area contributed by atoms with E-state index >= 15 is 0 Å². The van der Waals surface area contributed by atoms with E-state index in [0.717, 1.165) is 0 Å². The molecule has 2 rings (SSSR count). The summed E-state index contributed by atoms with van der Waals surface area (Å²) in [5.74, 6) is 0.00562. The highest BCUT2D eigenvalue weighted by atomic mass is 35.5. The SMILES string of the molecule is Nc1cc(Cl)c(-c2ccccc2OC(F)F)c(Cl)c1. The number of alkyl halides is 2. The lowest BCUT2D eigenvalue weighted by Gasteiger charge is -2.13. The van der Waals surface area contributed by atoms with Crippen LogP contribution in [0.4, 0.5) is 14.5 Å². The molecule has 0 atom stereocenters. The highest BCUT2D eigenvalue weighted by Gasteiger charge is 2.16. The van der Waals surface area contributed by atoms with Crippen LogP contribution in [-0.4, -0.2) is 6.61 Å². The number of rotatable bonds is 3. The van der Waals surface area contributed by atoms with Crippen molar-refractivity contribution in [1.29, 1.82) is 0 Å². The van der Waals surface area contributed by atoms with Crippen LogP contribution in [0.15, 0.2) is 36.4 Å². The van der Waals surface area contributed by atoms with E-state index in [1.807, 2.05) is 0 Å². The van der Waals surface area contributed by atoms with Crippen LogP contribution < -0.4 is 10.5 Å². The Hall–Kier alpha value is -1.52. The predicted octanol–water partition coefficient (Wildman–Crippen LogP) is 4.84. The van der Waals surface area contributed by atoms with E-state index in [9.17, 15) is 8.78 Å². The maximum Gasteiger partial charge on any atom is 0.387 e. The van der Waals surface area contributed by atoms with E-state index in [0.29, 0.717) is 16.8 Å².